The minimum atomic E-state index is 0.528. The summed E-state index contributed by atoms with van der Waals surface area (Å²) in [4.78, 5) is 11.1. The Balaban J connectivity index is 1.70. The molecule has 0 atom stereocenters. The number of nitrogens with one attached hydrogen (secondary N) is 1. The van der Waals surface area contributed by atoms with Crippen molar-refractivity contribution in [3.8, 4) is 0 Å². The molecule has 0 aliphatic carbocycles. The Morgan fingerprint density at radius 2 is 1.68 bits per heavy atom. The van der Waals surface area contributed by atoms with Crippen LogP contribution in [0.5, 0.6) is 0 Å². The first-order valence-electron chi connectivity index (χ1n) is 8.57. The largest absolute Gasteiger partial charge is 0.355 e. The summed E-state index contributed by atoms with van der Waals surface area (Å²) in [7, 11) is 2.04. The number of nitrogens with zero attached hydrogens (tertiary/aromatic N) is 3. The maximum atomic E-state index is 4.63. The molecule has 0 aliphatic rings. The van der Waals surface area contributed by atoms with Gasteiger partial charge in [0.05, 0.1) is 0 Å². The molecule has 0 unspecified atom stereocenters. The van der Waals surface area contributed by atoms with Gasteiger partial charge in [-0.1, -0.05) is 56.3 Å². The van der Waals surface area contributed by atoms with Gasteiger partial charge in [0.1, 0.15) is 5.82 Å². The molecule has 3 rings (SSSR count). The van der Waals surface area contributed by atoms with Crippen molar-refractivity contribution < 1.29 is 0 Å². The van der Waals surface area contributed by atoms with E-state index in [1.807, 2.05) is 19.2 Å². The lowest BCUT2D eigenvalue weighted by Crippen LogP contribution is -2.18. The summed E-state index contributed by atoms with van der Waals surface area (Å²) in [6.45, 7) is 5.19. The van der Waals surface area contributed by atoms with Crippen LogP contribution in [-0.2, 0) is 6.54 Å². The third-order valence-electron chi connectivity index (χ3n) is 4.13. The summed E-state index contributed by atoms with van der Waals surface area (Å²) in [5.41, 5.74) is 3.57. The number of benzene rings is 2. The molecular weight excluding hydrogens is 308 g/mol. The van der Waals surface area contributed by atoms with Crippen molar-refractivity contribution in [1.29, 1.82) is 0 Å². The molecule has 0 saturated heterocycles. The van der Waals surface area contributed by atoms with E-state index in [1.165, 1.54) is 11.1 Å². The fourth-order valence-corrected chi connectivity index (χ4v) is 2.64. The smallest absolute Gasteiger partial charge is 0.229 e. The average molecular weight is 332 g/mol. The Kier molecular flexibility index (Phi) is 5.29. The molecule has 0 amide bonds. The molecule has 0 saturated carbocycles. The minimum absolute atomic E-state index is 0.528. The molecule has 1 heterocycles. The first kappa shape index (κ1) is 17.0. The van der Waals surface area contributed by atoms with Crippen LogP contribution in [0.1, 0.15) is 30.9 Å². The predicted molar refractivity (Wildman–Crippen MR) is 104 cm³/mol. The maximum absolute atomic E-state index is 4.63. The number of hydrogen-bond acceptors (Lipinski definition) is 4. The molecule has 25 heavy (non-hydrogen) atoms. The molecule has 4 nitrogen and oxygen atoms in total. The summed E-state index contributed by atoms with van der Waals surface area (Å²) in [5, 5.41) is 3.28. The van der Waals surface area contributed by atoms with E-state index in [-0.39, 0.29) is 0 Å². The highest BCUT2D eigenvalue weighted by Crippen LogP contribution is 2.20. The van der Waals surface area contributed by atoms with Gasteiger partial charge in [0.2, 0.25) is 5.95 Å². The zero-order valence-electron chi connectivity index (χ0n) is 15.0. The predicted octanol–water partition coefficient (Wildman–Crippen LogP) is 4.98. The van der Waals surface area contributed by atoms with Gasteiger partial charge < -0.3 is 10.2 Å². The van der Waals surface area contributed by atoms with E-state index >= 15 is 0 Å². The molecule has 1 N–H and O–H groups in total. The molecule has 0 radical (unpaired) electrons. The number of rotatable bonds is 6. The molecule has 0 spiro atoms. The second-order valence-electron chi connectivity index (χ2n) is 6.48. The normalized spacial score (nSPS) is 10.7. The van der Waals surface area contributed by atoms with E-state index in [0.717, 1.165) is 18.1 Å². The van der Waals surface area contributed by atoms with Gasteiger partial charge in [0.15, 0.2) is 0 Å². The van der Waals surface area contributed by atoms with Crippen molar-refractivity contribution >= 4 is 17.5 Å². The van der Waals surface area contributed by atoms with Gasteiger partial charge in [-0.25, -0.2) is 4.98 Å². The van der Waals surface area contributed by atoms with Crippen molar-refractivity contribution in [2.45, 2.75) is 26.3 Å². The van der Waals surface area contributed by atoms with Crippen molar-refractivity contribution in [3.63, 3.8) is 0 Å². The Morgan fingerprint density at radius 3 is 2.36 bits per heavy atom. The SMILES string of the molecule is CC(C)c1ccc(Nc2nccc(N(C)Cc3ccccc3)n2)cc1. The van der Waals surface area contributed by atoms with Crippen molar-refractivity contribution in [1.82, 2.24) is 9.97 Å². The molecule has 2 aromatic carbocycles. The van der Waals surface area contributed by atoms with Crippen LogP contribution in [0.2, 0.25) is 0 Å². The molecule has 3 aromatic rings. The minimum Gasteiger partial charge on any atom is -0.355 e. The van der Waals surface area contributed by atoms with Gasteiger partial charge in [-0.2, -0.15) is 4.98 Å². The van der Waals surface area contributed by atoms with Gasteiger partial charge in [0.25, 0.3) is 0 Å². The molecule has 1 aromatic heterocycles. The molecule has 128 valence electrons. The third kappa shape index (κ3) is 4.57. The standard InChI is InChI=1S/C21H24N4/c1-16(2)18-9-11-19(12-10-18)23-21-22-14-13-20(24-21)25(3)15-17-7-5-4-6-8-17/h4-14,16H,15H2,1-3H3,(H,22,23,24). The van der Waals surface area contributed by atoms with Crippen LogP contribution in [0.4, 0.5) is 17.5 Å². The second kappa shape index (κ2) is 7.79. The Morgan fingerprint density at radius 1 is 0.960 bits per heavy atom. The summed E-state index contributed by atoms with van der Waals surface area (Å²) in [6, 6.07) is 20.7. The quantitative estimate of drug-likeness (QED) is 0.691. The molecular formula is C21H24N4. The van der Waals surface area contributed by atoms with Gasteiger partial charge in [0, 0.05) is 25.5 Å². The van der Waals surface area contributed by atoms with Crippen LogP contribution in [0.15, 0.2) is 66.9 Å². The molecule has 4 heteroatoms. The van der Waals surface area contributed by atoms with Crippen LogP contribution in [0.25, 0.3) is 0 Å². The van der Waals surface area contributed by atoms with Crippen molar-refractivity contribution in [3.05, 3.63) is 78.0 Å². The van der Waals surface area contributed by atoms with Crippen LogP contribution >= 0.6 is 0 Å². The lowest BCUT2D eigenvalue weighted by molar-refractivity contribution is 0.867. The van der Waals surface area contributed by atoms with E-state index in [4.69, 9.17) is 0 Å². The number of aromatic nitrogens is 2. The Labute approximate surface area is 149 Å². The van der Waals surface area contributed by atoms with Crippen molar-refractivity contribution in [2.75, 3.05) is 17.3 Å². The maximum Gasteiger partial charge on any atom is 0.229 e. The lowest BCUT2D eigenvalue weighted by atomic mass is 10.0. The van der Waals surface area contributed by atoms with Gasteiger partial charge in [-0.3, -0.25) is 0 Å². The highest BCUT2D eigenvalue weighted by Gasteiger charge is 2.06. The van der Waals surface area contributed by atoms with Gasteiger partial charge in [-0.15, -0.1) is 0 Å². The van der Waals surface area contributed by atoms with Crippen LogP contribution in [-0.4, -0.2) is 17.0 Å². The van der Waals surface area contributed by atoms with Crippen LogP contribution < -0.4 is 10.2 Å². The number of hydrogen-bond donors (Lipinski definition) is 1. The van der Waals surface area contributed by atoms with Gasteiger partial charge in [-0.05, 0) is 35.2 Å². The fourth-order valence-electron chi connectivity index (χ4n) is 2.64. The summed E-state index contributed by atoms with van der Waals surface area (Å²) < 4.78 is 0. The van der Waals surface area contributed by atoms with E-state index in [2.05, 4.69) is 82.6 Å². The van der Waals surface area contributed by atoms with E-state index in [9.17, 15) is 0 Å². The fraction of sp³-hybridized carbons (Fsp3) is 0.238. The number of anilines is 3. The highest BCUT2D eigenvalue weighted by molar-refractivity contribution is 5.55. The van der Waals surface area contributed by atoms with E-state index in [0.29, 0.717) is 11.9 Å². The van der Waals surface area contributed by atoms with Gasteiger partial charge >= 0.3 is 0 Å². The van der Waals surface area contributed by atoms with E-state index in [1.54, 1.807) is 6.20 Å². The zero-order chi connectivity index (χ0) is 17.6. The average Bonchev–Trinajstić information content (AvgIpc) is 2.63. The molecule has 0 bridgehead atoms. The Bertz CT molecular complexity index is 798. The van der Waals surface area contributed by atoms with E-state index < -0.39 is 0 Å². The zero-order valence-corrected chi connectivity index (χ0v) is 15.0. The summed E-state index contributed by atoms with van der Waals surface area (Å²) >= 11 is 0. The Hall–Kier alpha value is -2.88. The van der Waals surface area contributed by atoms with Crippen LogP contribution in [0.3, 0.4) is 0 Å². The lowest BCUT2D eigenvalue weighted by Gasteiger charge is -2.18. The van der Waals surface area contributed by atoms with Crippen LogP contribution in [0, 0.1) is 0 Å². The topological polar surface area (TPSA) is 41.1 Å². The summed E-state index contributed by atoms with van der Waals surface area (Å²) in [5.74, 6) is 2.02. The molecule has 0 fully saturated rings. The second-order valence-corrected chi connectivity index (χ2v) is 6.48. The first-order valence-corrected chi connectivity index (χ1v) is 8.57. The third-order valence-corrected chi connectivity index (χ3v) is 4.13. The highest BCUT2D eigenvalue weighted by atomic mass is 15.2. The molecule has 0 aliphatic heterocycles. The summed E-state index contributed by atoms with van der Waals surface area (Å²) in [6.07, 6.45) is 1.79. The monoisotopic (exact) mass is 332 g/mol. The van der Waals surface area contributed by atoms with Crippen molar-refractivity contribution in [2.24, 2.45) is 0 Å². The first-order chi connectivity index (χ1) is 12.1.